The van der Waals surface area contributed by atoms with Crippen molar-refractivity contribution in [2.24, 2.45) is 5.92 Å². The first-order valence-corrected chi connectivity index (χ1v) is 8.68. The number of nitrogens with zero attached hydrogens (tertiary/aromatic N) is 1. The fraction of sp³-hybridized carbons (Fsp3) is 0.750. The molecule has 1 aromatic rings. The van der Waals surface area contributed by atoms with Crippen molar-refractivity contribution in [1.82, 2.24) is 10.2 Å². The Morgan fingerprint density at radius 2 is 2.05 bits per heavy atom. The second-order valence-electron chi connectivity index (χ2n) is 6.28. The molecule has 3 rings (SSSR count). The fourth-order valence-electron chi connectivity index (χ4n) is 2.23. The van der Waals surface area contributed by atoms with Crippen LogP contribution in [0.25, 0.3) is 0 Å². The van der Waals surface area contributed by atoms with Crippen molar-refractivity contribution in [3.05, 3.63) is 21.9 Å². The Morgan fingerprint density at radius 3 is 2.80 bits per heavy atom. The second kappa shape index (κ2) is 7.03. The molecule has 1 heterocycles. The third-order valence-electron chi connectivity index (χ3n) is 3.95. The lowest BCUT2D eigenvalue weighted by Crippen LogP contribution is -2.22. The molecule has 0 unspecified atom stereocenters. The monoisotopic (exact) mass is 294 g/mol. The fourth-order valence-corrected chi connectivity index (χ4v) is 3.28. The highest BCUT2D eigenvalue weighted by Gasteiger charge is 2.21. The maximum absolute atomic E-state index is 5.69. The molecule has 4 heteroatoms. The van der Waals surface area contributed by atoms with Crippen LogP contribution in [-0.4, -0.2) is 37.7 Å². The van der Waals surface area contributed by atoms with Gasteiger partial charge in [0.25, 0.3) is 0 Å². The van der Waals surface area contributed by atoms with Crippen LogP contribution in [0.1, 0.15) is 35.4 Å². The van der Waals surface area contributed by atoms with Gasteiger partial charge in [-0.15, -0.1) is 11.3 Å². The lowest BCUT2D eigenvalue weighted by molar-refractivity contribution is 0.102. The summed E-state index contributed by atoms with van der Waals surface area (Å²) in [4.78, 5) is 5.28. The Hall–Kier alpha value is -0.420. The molecular formula is C16H26N2OS. The van der Waals surface area contributed by atoms with Gasteiger partial charge in [-0.2, -0.15) is 0 Å². The zero-order chi connectivity index (χ0) is 13.8. The third-order valence-corrected chi connectivity index (χ3v) is 5.02. The SMILES string of the molecule is CN(CCOCC1CC1)Cc1ccc(CNC2CC2)s1. The molecular weight excluding hydrogens is 268 g/mol. The smallest absolute Gasteiger partial charge is 0.0593 e. The summed E-state index contributed by atoms with van der Waals surface area (Å²) in [6.45, 7) is 4.96. The van der Waals surface area contributed by atoms with Gasteiger partial charge in [0.2, 0.25) is 0 Å². The topological polar surface area (TPSA) is 24.5 Å². The minimum Gasteiger partial charge on any atom is -0.380 e. The highest BCUT2D eigenvalue weighted by molar-refractivity contribution is 7.11. The average molecular weight is 294 g/mol. The van der Waals surface area contributed by atoms with Crippen molar-refractivity contribution in [3.63, 3.8) is 0 Å². The molecule has 1 aromatic heterocycles. The van der Waals surface area contributed by atoms with E-state index in [0.717, 1.165) is 44.8 Å². The molecule has 0 spiro atoms. The first-order chi connectivity index (χ1) is 9.79. The van der Waals surface area contributed by atoms with E-state index in [0.29, 0.717) is 0 Å². The van der Waals surface area contributed by atoms with Crippen LogP contribution >= 0.6 is 11.3 Å². The highest BCUT2D eigenvalue weighted by Crippen LogP contribution is 2.28. The summed E-state index contributed by atoms with van der Waals surface area (Å²) in [6, 6.07) is 5.34. The summed E-state index contributed by atoms with van der Waals surface area (Å²) in [7, 11) is 2.18. The zero-order valence-corrected chi connectivity index (χ0v) is 13.3. The van der Waals surface area contributed by atoms with Gasteiger partial charge in [-0.3, -0.25) is 4.90 Å². The summed E-state index contributed by atoms with van der Waals surface area (Å²) >= 11 is 1.94. The molecule has 2 aliphatic carbocycles. The molecule has 0 bridgehead atoms. The van der Waals surface area contributed by atoms with E-state index in [1.54, 1.807) is 0 Å². The van der Waals surface area contributed by atoms with Crippen LogP contribution in [0, 0.1) is 5.92 Å². The van der Waals surface area contributed by atoms with Crippen molar-refractivity contribution in [3.8, 4) is 0 Å². The van der Waals surface area contributed by atoms with Crippen LogP contribution in [0.15, 0.2) is 12.1 Å². The normalized spacial score (nSPS) is 18.9. The molecule has 0 radical (unpaired) electrons. The van der Waals surface area contributed by atoms with Crippen molar-refractivity contribution in [2.75, 3.05) is 26.8 Å². The number of nitrogens with one attached hydrogen (secondary N) is 1. The lowest BCUT2D eigenvalue weighted by Gasteiger charge is -2.15. The van der Waals surface area contributed by atoms with Gasteiger partial charge in [0.05, 0.1) is 6.61 Å². The number of hydrogen-bond acceptors (Lipinski definition) is 4. The quantitative estimate of drug-likeness (QED) is 0.672. The Kier molecular flexibility index (Phi) is 5.10. The van der Waals surface area contributed by atoms with Crippen LogP contribution in [0.5, 0.6) is 0 Å². The molecule has 20 heavy (non-hydrogen) atoms. The predicted octanol–water partition coefficient (Wildman–Crippen LogP) is 2.86. The van der Waals surface area contributed by atoms with E-state index in [1.807, 2.05) is 11.3 Å². The summed E-state index contributed by atoms with van der Waals surface area (Å²) in [5, 5.41) is 3.57. The maximum atomic E-state index is 5.69. The number of rotatable bonds is 10. The maximum Gasteiger partial charge on any atom is 0.0593 e. The molecule has 3 nitrogen and oxygen atoms in total. The molecule has 0 aliphatic heterocycles. The van der Waals surface area contributed by atoms with E-state index in [4.69, 9.17) is 4.74 Å². The van der Waals surface area contributed by atoms with Gasteiger partial charge in [0.15, 0.2) is 0 Å². The first kappa shape index (κ1) is 14.5. The molecule has 1 N–H and O–H groups in total. The Bertz CT molecular complexity index is 412. The Labute approximate surface area is 126 Å². The minimum absolute atomic E-state index is 0.798. The van der Waals surface area contributed by atoms with Crippen molar-refractivity contribution < 1.29 is 4.74 Å². The van der Waals surface area contributed by atoms with Crippen molar-refractivity contribution in [2.45, 2.75) is 44.8 Å². The average Bonchev–Trinajstić information content (AvgIpc) is 3.34. The van der Waals surface area contributed by atoms with E-state index in [1.165, 1.54) is 35.4 Å². The van der Waals surface area contributed by atoms with Gasteiger partial charge in [-0.1, -0.05) is 0 Å². The van der Waals surface area contributed by atoms with Gasteiger partial charge in [-0.25, -0.2) is 0 Å². The number of hydrogen-bond donors (Lipinski definition) is 1. The predicted molar refractivity (Wildman–Crippen MR) is 84.1 cm³/mol. The van der Waals surface area contributed by atoms with Crippen molar-refractivity contribution in [1.29, 1.82) is 0 Å². The zero-order valence-electron chi connectivity index (χ0n) is 12.4. The number of likely N-dealkylation sites (N-methyl/N-ethyl adjacent to an activating group) is 1. The molecule has 0 amide bonds. The molecule has 2 fully saturated rings. The van der Waals surface area contributed by atoms with Crippen LogP contribution in [0.2, 0.25) is 0 Å². The summed E-state index contributed by atoms with van der Waals surface area (Å²) in [5.41, 5.74) is 0. The van der Waals surface area contributed by atoms with E-state index < -0.39 is 0 Å². The molecule has 2 saturated carbocycles. The minimum atomic E-state index is 0.798. The molecule has 0 atom stereocenters. The van der Waals surface area contributed by atoms with E-state index in [-0.39, 0.29) is 0 Å². The van der Waals surface area contributed by atoms with Crippen LogP contribution in [0.3, 0.4) is 0 Å². The second-order valence-corrected chi connectivity index (χ2v) is 7.53. The number of thiophene rings is 1. The largest absolute Gasteiger partial charge is 0.380 e. The first-order valence-electron chi connectivity index (χ1n) is 7.87. The standard InChI is InChI=1S/C16H26N2OS/c1-18(8-9-19-12-13-2-3-13)11-16-7-6-15(20-16)10-17-14-4-5-14/h6-7,13-14,17H,2-5,8-12H2,1H3. The van der Waals surface area contributed by atoms with E-state index >= 15 is 0 Å². The van der Waals surface area contributed by atoms with Crippen LogP contribution in [0.4, 0.5) is 0 Å². The van der Waals surface area contributed by atoms with Gasteiger partial charge < -0.3 is 10.1 Å². The molecule has 0 aromatic carbocycles. The van der Waals surface area contributed by atoms with E-state index in [2.05, 4.69) is 29.4 Å². The Morgan fingerprint density at radius 1 is 1.25 bits per heavy atom. The van der Waals surface area contributed by atoms with Gasteiger partial charge >= 0.3 is 0 Å². The lowest BCUT2D eigenvalue weighted by atomic mass is 10.4. The van der Waals surface area contributed by atoms with Gasteiger partial charge in [0.1, 0.15) is 0 Å². The Balaban J connectivity index is 1.30. The molecule has 2 aliphatic rings. The third kappa shape index (κ3) is 5.17. The van der Waals surface area contributed by atoms with E-state index in [9.17, 15) is 0 Å². The van der Waals surface area contributed by atoms with Gasteiger partial charge in [-0.05, 0) is 50.8 Å². The van der Waals surface area contributed by atoms with Crippen molar-refractivity contribution >= 4 is 11.3 Å². The molecule has 0 saturated heterocycles. The van der Waals surface area contributed by atoms with Crippen LogP contribution in [-0.2, 0) is 17.8 Å². The molecule has 112 valence electrons. The summed E-state index contributed by atoms with van der Waals surface area (Å²) in [6.07, 6.45) is 5.48. The van der Waals surface area contributed by atoms with Gasteiger partial charge in [0, 0.05) is 42.0 Å². The van der Waals surface area contributed by atoms with Crippen LogP contribution < -0.4 is 5.32 Å². The summed E-state index contributed by atoms with van der Waals surface area (Å²) < 4.78 is 5.69. The number of ether oxygens (including phenoxy) is 1. The summed E-state index contributed by atoms with van der Waals surface area (Å²) in [5.74, 6) is 0.874. The highest BCUT2D eigenvalue weighted by atomic mass is 32.1.